The van der Waals surface area contributed by atoms with Crippen LogP contribution in [0.2, 0.25) is 0 Å². The number of nitrogens with zero attached hydrogens (tertiary/aromatic N) is 3. The topological polar surface area (TPSA) is 58.9 Å². The third kappa shape index (κ3) is 4.71. The molecule has 4 aromatic rings. The van der Waals surface area contributed by atoms with Gasteiger partial charge in [-0.15, -0.1) is 0 Å². The Kier molecular flexibility index (Phi) is 6.91. The molecule has 0 spiro atoms. The van der Waals surface area contributed by atoms with Crippen LogP contribution >= 0.6 is 11.8 Å². The maximum atomic E-state index is 10.5. The molecule has 4 nitrogen and oxygen atoms in total. The number of fused-ring (bicyclic) bond motifs is 3. The molecule has 5 rings (SSSR count). The van der Waals surface area contributed by atoms with Crippen molar-refractivity contribution in [3.05, 3.63) is 71.8 Å². The van der Waals surface area contributed by atoms with E-state index in [1.807, 2.05) is 18.2 Å². The first kappa shape index (κ1) is 22.6. The van der Waals surface area contributed by atoms with Gasteiger partial charge in [-0.1, -0.05) is 86.5 Å². The fourth-order valence-electron chi connectivity index (χ4n) is 4.53. The highest BCUT2D eigenvalue weighted by Gasteiger charge is 2.19. The molecule has 0 atom stereocenters. The van der Waals surface area contributed by atoms with Gasteiger partial charge in [-0.2, -0.15) is 0 Å². The van der Waals surface area contributed by atoms with Gasteiger partial charge >= 0.3 is 0 Å². The zero-order valence-electron chi connectivity index (χ0n) is 19.5. The number of para-hydroxylation sites is 1. The van der Waals surface area contributed by atoms with Crippen molar-refractivity contribution in [1.29, 1.82) is 0 Å². The van der Waals surface area contributed by atoms with Gasteiger partial charge in [0.2, 0.25) is 0 Å². The van der Waals surface area contributed by atoms with Gasteiger partial charge in [0.05, 0.1) is 5.56 Å². The Labute approximate surface area is 205 Å². The molecule has 0 saturated heterocycles. The molecule has 0 unspecified atom stereocenters. The number of aryl methyl sites for hydroxylation is 1. The van der Waals surface area contributed by atoms with Crippen LogP contribution in [0.15, 0.2) is 65.8 Å². The lowest BCUT2D eigenvalue weighted by Gasteiger charge is -2.18. The number of allylic oxidation sites excluding steroid dienone is 1. The number of benzene rings is 3. The lowest BCUT2D eigenvalue weighted by Crippen LogP contribution is -2.04. The molecule has 1 N–H and O–H groups in total. The van der Waals surface area contributed by atoms with Crippen molar-refractivity contribution in [1.82, 2.24) is 15.0 Å². The molecule has 0 aliphatic heterocycles. The number of phenolic OH excluding ortho intramolecular Hbond substituents is 1. The van der Waals surface area contributed by atoms with E-state index in [0.29, 0.717) is 22.4 Å². The summed E-state index contributed by atoms with van der Waals surface area (Å²) in [5.74, 6) is 2.33. The average Bonchev–Trinajstić information content (AvgIpc) is 2.88. The Morgan fingerprint density at radius 3 is 2.53 bits per heavy atom. The Hall–Kier alpha value is -3.18. The third-order valence-electron chi connectivity index (χ3n) is 6.28. The molecule has 1 heterocycles. The van der Waals surface area contributed by atoms with Gasteiger partial charge in [0.25, 0.3) is 0 Å². The van der Waals surface area contributed by atoms with E-state index in [4.69, 9.17) is 15.0 Å². The molecule has 5 heteroatoms. The Morgan fingerprint density at radius 1 is 0.882 bits per heavy atom. The molecule has 34 heavy (non-hydrogen) atoms. The maximum absolute atomic E-state index is 10.5. The molecule has 0 bridgehead atoms. The smallest absolute Gasteiger partial charge is 0.191 e. The van der Waals surface area contributed by atoms with Crippen LogP contribution < -0.4 is 0 Å². The van der Waals surface area contributed by atoms with Crippen molar-refractivity contribution in [3.63, 3.8) is 0 Å². The molecule has 1 aliphatic rings. The number of thioether (sulfide) groups is 1. The first-order chi connectivity index (χ1) is 16.7. The van der Waals surface area contributed by atoms with Crippen LogP contribution in [0.5, 0.6) is 5.75 Å². The molecule has 3 aromatic carbocycles. The first-order valence-electron chi connectivity index (χ1n) is 12.1. The third-order valence-corrected chi connectivity index (χ3v) is 7.21. The van der Waals surface area contributed by atoms with E-state index in [9.17, 15) is 5.11 Å². The molecule has 1 aliphatic carbocycles. The summed E-state index contributed by atoms with van der Waals surface area (Å²) in [6.07, 6.45) is 11.3. The second kappa shape index (κ2) is 10.4. The Balaban J connectivity index is 1.63. The SMILES string of the molecule is CCCCCCSc1nc(-c2ccccc2O)nc(-c2cc3ccccc3c3c2C=CCC3)n1. The van der Waals surface area contributed by atoms with E-state index < -0.39 is 0 Å². The quantitative estimate of drug-likeness (QED) is 0.212. The van der Waals surface area contributed by atoms with Crippen LogP contribution in [-0.2, 0) is 6.42 Å². The molecule has 172 valence electrons. The number of aromatic nitrogens is 3. The van der Waals surface area contributed by atoms with Gasteiger partial charge in [-0.25, -0.2) is 15.0 Å². The molecule has 0 radical (unpaired) electrons. The van der Waals surface area contributed by atoms with Crippen LogP contribution in [0.1, 0.15) is 50.2 Å². The molecule has 0 saturated carbocycles. The number of rotatable bonds is 8. The summed E-state index contributed by atoms with van der Waals surface area (Å²) in [6, 6.07) is 18.0. The summed E-state index contributed by atoms with van der Waals surface area (Å²) in [6.45, 7) is 2.22. The largest absolute Gasteiger partial charge is 0.507 e. The Morgan fingerprint density at radius 2 is 1.68 bits per heavy atom. The van der Waals surface area contributed by atoms with Crippen molar-refractivity contribution in [3.8, 4) is 28.5 Å². The standard InChI is InChI=1S/C29H29N3OS/c1-2-3-4-11-18-34-29-31-27(24-16-9-10-17-26(24)33)30-28(32-29)25-19-20-12-5-6-13-21(20)22-14-7-8-15-23(22)25/h5-6,8-10,12-13,15-17,19,33H,2-4,7,11,14,18H2,1H3. The van der Waals surface area contributed by atoms with Gasteiger partial charge in [-0.3, -0.25) is 0 Å². The summed E-state index contributed by atoms with van der Waals surface area (Å²) >= 11 is 1.67. The lowest BCUT2D eigenvalue weighted by atomic mass is 9.88. The molecular weight excluding hydrogens is 438 g/mol. The van der Waals surface area contributed by atoms with E-state index in [-0.39, 0.29) is 5.75 Å². The van der Waals surface area contributed by atoms with Gasteiger partial charge in [-0.05, 0) is 59.4 Å². The van der Waals surface area contributed by atoms with Crippen LogP contribution in [0, 0.1) is 0 Å². The highest BCUT2D eigenvalue weighted by atomic mass is 32.2. The maximum Gasteiger partial charge on any atom is 0.191 e. The second-order valence-corrected chi connectivity index (χ2v) is 9.73. The number of hydrogen-bond donors (Lipinski definition) is 1. The highest BCUT2D eigenvalue weighted by molar-refractivity contribution is 7.99. The second-order valence-electron chi connectivity index (χ2n) is 8.67. The fraction of sp³-hybridized carbons (Fsp3) is 0.276. The first-order valence-corrected chi connectivity index (χ1v) is 13.1. The van der Waals surface area contributed by atoms with Crippen LogP contribution in [0.25, 0.3) is 39.6 Å². The van der Waals surface area contributed by atoms with Crippen LogP contribution in [0.4, 0.5) is 0 Å². The predicted molar refractivity (Wildman–Crippen MR) is 142 cm³/mol. The van der Waals surface area contributed by atoms with Crippen molar-refractivity contribution < 1.29 is 5.11 Å². The number of aromatic hydroxyl groups is 1. The van der Waals surface area contributed by atoms with E-state index >= 15 is 0 Å². The number of phenols is 1. The predicted octanol–water partition coefficient (Wildman–Crippen LogP) is 7.70. The van der Waals surface area contributed by atoms with Crippen LogP contribution in [0.3, 0.4) is 0 Å². The fourth-order valence-corrected chi connectivity index (χ4v) is 5.36. The van der Waals surface area contributed by atoms with Gasteiger partial charge < -0.3 is 5.11 Å². The molecule has 1 aromatic heterocycles. The van der Waals surface area contributed by atoms with E-state index in [1.165, 1.54) is 41.2 Å². The number of hydrogen-bond acceptors (Lipinski definition) is 5. The monoisotopic (exact) mass is 467 g/mol. The van der Waals surface area contributed by atoms with E-state index in [0.717, 1.165) is 30.6 Å². The number of unbranched alkanes of at least 4 members (excludes halogenated alkanes) is 3. The lowest BCUT2D eigenvalue weighted by molar-refractivity contribution is 0.477. The summed E-state index contributed by atoms with van der Waals surface area (Å²) < 4.78 is 0. The highest BCUT2D eigenvalue weighted by Crippen LogP contribution is 2.37. The molecule has 0 fully saturated rings. The average molecular weight is 468 g/mol. The molecular formula is C29H29N3OS. The minimum Gasteiger partial charge on any atom is -0.507 e. The summed E-state index contributed by atoms with van der Waals surface area (Å²) in [7, 11) is 0. The minimum absolute atomic E-state index is 0.180. The van der Waals surface area contributed by atoms with Crippen molar-refractivity contribution in [2.45, 2.75) is 50.6 Å². The minimum atomic E-state index is 0.180. The normalized spacial score (nSPS) is 12.7. The zero-order chi connectivity index (χ0) is 23.3. The van der Waals surface area contributed by atoms with Gasteiger partial charge in [0.1, 0.15) is 5.75 Å². The van der Waals surface area contributed by atoms with Gasteiger partial charge in [0.15, 0.2) is 16.8 Å². The van der Waals surface area contributed by atoms with Gasteiger partial charge in [0, 0.05) is 11.3 Å². The summed E-state index contributed by atoms with van der Waals surface area (Å²) in [5, 5.41) is 13.7. The van der Waals surface area contributed by atoms with Crippen molar-refractivity contribution >= 4 is 28.6 Å². The van der Waals surface area contributed by atoms with E-state index in [2.05, 4.69) is 49.4 Å². The Bertz CT molecular complexity index is 1350. The molecule has 0 amide bonds. The van der Waals surface area contributed by atoms with Crippen molar-refractivity contribution in [2.24, 2.45) is 0 Å². The van der Waals surface area contributed by atoms with Crippen LogP contribution in [-0.4, -0.2) is 25.8 Å². The van der Waals surface area contributed by atoms with E-state index in [1.54, 1.807) is 17.8 Å². The summed E-state index contributed by atoms with van der Waals surface area (Å²) in [5.41, 5.74) is 4.20. The summed E-state index contributed by atoms with van der Waals surface area (Å²) in [4.78, 5) is 14.5. The zero-order valence-corrected chi connectivity index (χ0v) is 20.3. The van der Waals surface area contributed by atoms with Crippen molar-refractivity contribution in [2.75, 3.05) is 5.75 Å².